The van der Waals surface area contributed by atoms with Gasteiger partial charge in [0.1, 0.15) is 5.69 Å². The van der Waals surface area contributed by atoms with Gasteiger partial charge in [-0.25, -0.2) is 18.6 Å². The third kappa shape index (κ3) is 4.59. The van der Waals surface area contributed by atoms with Crippen LogP contribution in [0.5, 0.6) is 5.88 Å². The van der Waals surface area contributed by atoms with Crippen LogP contribution in [-0.2, 0) is 13.6 Å². The molecule has 2 fully saturated rings. The lowest BCUT2D eigenvalue weighted by molar-refractivity contribution is 0.135. The SMILES string of the molecule is COc1nccc(C(F)F)c1N1CCC(N2C(=O)N(Cc3ccccc3C3CC3)c3nn(C)cc3[C@H]2C)CC1. The van der Waals surface area contributed by atoms with Crippen molar-refractivity contribution in [3.63, 3.8) is 0 Å². The summed E-state index contributed by atoms with van der Waals surface area (Å²) in [7, 11) is 3.33. The number of ether oxygens (including phenoxy) is 1. The monoisotopic (exact) mass is 536 g/mol. The third-order valence-corrected chi connectivity index (χ3v) is 8.34. The highest BCUT2D eigenvalue weighted by Gasteiger charge is 2.43. The second-order valence-electron chi connectivity index (χ2n) is 10.8. The molecular formula is C29H34F2N6O2. The first-order chi connectivity index (χ1) is 18.9. The summed E-state index contributed by atoms with van der Waals surface area (Å²) in [5.41, 5.74) is 3.78. The van der Waals surface area contributed by atoms with Crippen LogP contribution in [0.3, 0.4) is 0 Å². The molecular weight excluding hydrogens is 502 g/mol. The van der Waals surface area contributed by atoms with Crippen molar-refractivity contribution < 1.29 is 18.3 Å². The molecule has 3 aromatic rings. The van der Waals surface area contributed by atoms with Gasteiger partial charge < -0.3 is 14.5 Å². The van der Waals surface area contributed by atoms with Gasteiger partial charge in [0.05, 0.1) is 19.7 Å². The third-order valence-electron chi connectivity index (χ3n) is 8.34. The molecule has 1 saturated heterocycles. The number of benzene rings is 1. The van der Waals surface area contributed by atoms with Crippen LogP contribution < -0.4 is 14.5 Å². The molecule has 10 heteroatoms. The Morgan fingerprint density at radius 1 is 1.08 bits per heavy atom. The van der Waals surface area contributed by atoms with Gasteiger partial charge in [-0.1, -0.05) is 24.3 Å². The highest BCUT2D eigenvalue weighted by molar-refractivity contribution is 5.94. The minimum atomic E-state index is -2.63. The van der Waals surface area contributed by atoms with Gasteiger partial charge in [-0.05, 0) is 55.7 Å². The van der Waals surface area contributed by atoms with Crippen LogP contribution in [0.1, 0.15) is 73.2 Å². The Morgan fingerprint density at radius 3 is 2.51 bits per heavy atom. The summed E-state index contributed by atoms with van der Waals surface area (Å²) in [5, 5.41) is 4.69. The van der Waals surface area contributed by atoms with E-state index in [0.717, 1.165) is 16.9 Å². The molecule has 1 saturated carbocycles. The Morgan fingerprint density at radius 2 is 1.82 bits per heavy atom. The van der Waals surface area contributed by atoms with Crippen molar-refractivity contribution in [1.29, 1.82) is 0 Å². The summed E-state index contributed by atoms with van der Waals surface area (Å²) >= 11 is 0. The summed E-state index contributed by atoms with van der Waals surface area (Å²) in [5.74, 6) is 1.50. The lowest BCUT2D eigenvalue weighted by Crippen LogP contribution is -2.55. The average Bonchev–Trinajstić information content (AvgIpc) is 3.71. The summed E-state index contributed by atoms with van der Waals surface area (Å²) in [6, 6.07) is 9.53. The summed E-state index contributed by atoms with van der Waals surface area (Å²) < 4.78 is 34.8. The molecule has 2 aromatic heterocycles. The zero-order valence-corrected chi connectivity index (χ0v) is 22.6. The molecule has 39 heavy (non-hydrogen) atoms. The Balaban J connectivity index is 1.27. The summed E-state index contributed by atoms with van der Waals surface area (Å²) in [6.45, 7) is 3.57. The number of piperidine rings is 1. The lowest BCUT2D eigenvalue weighted by atomic mass is 9.96. The van der Waals surface area contributed by atoms with Crippen molar-refractivity contribution in [1.82, 2.24) is 19.7 Å². The number of hydrogen-bond donors (Lipinski definition) is 0. The number of anilines is 2. The van der Waals surface area contributed by atoms with Crippen LogP contribution in [0, 0.1) is 0 Å². The molecule has 0 N–H and O–H groups in total. The van der Waals surface area contributed by atoms with Crippen molar-refractivity contribution in [2.75, 3.05) is 30.0 Å². The predicted molar refractivity (Wildman–Crippen MR) is 144 cm³/mol. The van der Waals surface area contributed by atoms with Crippen LogP contribution in [-0.4, -0.2) is 51.9 Å². The van der Waals surface area contributed by atoms with E-state index in [9.17, 15) is 13.6 Å². The molecule has 6 rings (SSSR count). The topological polar surface area (TPSA) is 66.7 Å². The van der Waals surface area contributed by atoms with Gasteiger partial charge >= 0.3 is 6.03 Å². The van der Waals surface area contributed by atoms with E-state index in [1.54, 1.807) is 4.68 Å². The van der Waals surface area contributed by atoms with E-state index in [4.69, 9.17) is 9.84 Å². The van der Waals surface area contributed by atoms with Crippen molar-refractivity contribution in [3.8, 4) is 5.88 Å². The maximum Gasteiger partial charge on any atom is 0.326 e. The highest BCUT2D eigenvalue weighted by atomic mass is 19.3. The first kappa shape index (κ1) is 25.6. The van der Waals surface area contributed by atoms with Crippen molar-refractivity contribution in [2.24, 2.45) is 7.05 Å². The lowest BCUT2D eigenvalue weighted by Gasteiger charge is -2.46. The molecule has 8 nitrogen and oxygen atoms in total. The second kappa shape index (κ2) is 10.1. The number of halogens is 2. The number of aryl methyl sites for hydroxylation is 1. The number of carbonyl (C=O) groups excluding carboxylic acids is 1. The van der Waals surface area contributed by atoms with E-state index < -0.39 is 6.43 Å². The fourth-order valence-corrected chi connectivity index (χ4v) is 6.26. The van der Waals surface area contributed by atoms with Gasteiger partial charge in [0, 0.05) is 49.7 Å². The van der Waals surface area contributed by atoms with Gasteiger partial charge in [0.15, 0.2) is 5.82 Å². The molecule has 2 amide bonds. The molecule has 1 aromatic carbocycles. The first-order valence-electron chi connectivity index (χ1n) is 13.6. The normalized spacial score (nSPS) is 20.1. The Kier molecular flexibility index (Phi) is 6.64. The van der Waals surface area contributed by atoms with Gasteiger partial charge in [0.2, 0.25) is 5.88 Å². The number of nitrogens with zero attached hydrogens (tertiary/aromatic N) is 6. The minimum absolute atomic E-state index is 0.0315. The van der Waals surface area contributed by atoms with E-state index in [1.165, 1.54) is 37.8 Å². The van der Waals surface area contributed by atoms with Gasteiger partial charge in [-0.2, -0.15) is 5.10 Å². The quantitative estimate of drug-likeness (QED) is 0.381. The second-order valence-corrected chi connectivity index (χ2v) is 10.8. The number of hydrogen-bond acceptors (Lipinski definition) is 5. The summed E-state index contributed by atoms with van der Waals surface area (Å²) in [4.78, 5) is 24.1. The van der Waals surface area contributed by atoms with Crippen LogP contribution in [0.4, 0.5) is 25.1 Å². The number of alkyl halides is 2. The van der Waals surface area contributed by atoms with Crippen LogP contribution in [0.15, 0.2) is 42.7 Å². The number of carbonyl (C=O) groups is 1. The van der Waals surface area contributed by atoms with Crippen LogP contribution in [0.2, 0.25) is 0 Å². The van der Waals surface area contributed by atoms with Gasteiger partial charge in [-0.15, -0.1) is 0 Å². The number of amides is 2. The zero-order chi connectivity index (χ0) is 27.3. The van der Waals surface area contributed by atoms with E-state index in [1.807, 2.05) is 34.0 Å². The highest BCUT2D eigenvalue weighted by Crippen LogP contribution is 2.44. The summed E-state index contributed by atoms with van der Waals surface area (Å²) in [6.07, 6.45) is 4.41. The molecule has 1 aliphatic carbocycles. The number of rotatable bonds is 7. The standard InChI is InChI=1S/C29H34F2N6O2/c1-18-24-17-34(2)33-27(24)36(16-20-6-4-5-7-22(20)19-8-9-19)29(38)37(18)21-11-14-35(15-12-21)25-23(26(30)31)10-13-32-28(25)39-3/h4-7,10,13,17-19,21,26H,8-9,11-12,14-16H2,1-3H3/t18-/m1/s1. The molecule has 0 spiro atoms. The Bertz CT molecular complexity index is 1370. The molecule has 2 aliphatic heterocycles. The van der Waals surface area contributed by atoms with E-state index in [2.05, 4.69) is 30.1 Å². The van der Waals surface area contributed by atoms with Crippen LogP contribution >= 0.6 is 0 Å². The number of urea groups is 1. The first-order valence-corrected chi connectivity index (χ1v) is 13.6. The van der Waals surface area contributed by atoms with Gasteiger partial charge in [0.25, 0.3) is 6.43 Å². The van der Waals surface area contributed by atoms with Crippen molar-refractivity contribution >= 4 is 17.5 Å². The van der Waals surface area contributed by atoms with E-state index in [-0.39, 0.29) is 29.6 Å². The van der Waals surface area contributed by atoms with Gasteiger partial charge in [-0.3, -0.25) is 9.58 Å². The van der Waals surface area contributed by atoms with Crippen LogP contribution in [0.25, 0.3) is 0 Å². The minimum Gasteiger partial charge on any atom is -0.480 e. The average molecular weight is 537 g/mol. The number of fused-ring (bicyclic) bond motifs is 1. The Hall–Kier alpha value is -3.69. The molecule has 3 aliphatic rings. The predicted octanol–water partition coefficient (Wildman–Crippen LogP) is 5.81. The maximum atomic E-state index is 14.2. The fourth-order valence-electron chi connectivity index (χ4n) is 6.26. The smallest absolute Gasteiger partial charge is 0.326 e. The number of methoxy groups -OCH3 is 1. The molecule has 0 bridgehead atoms. The molecule has 206 valence electrons. The fraction of sp³-hybridized carbons (Fsp3) is 0.483. The number of pyridine rings is 1. The van der Waals surface area contributed by atoms with E-state index in [0.29, 0.717) is 44.1 Å². The van der Waals surface area contributed by atoms with Crippen molar-refractivity contribution in [2.45, 2.75) is 63.6 Å². The zero-order valence-electron chi connectivity index (χ0n) is 22.6. The molecule has 1 atom stereocenters. The molecule has 0 unspecified atom stereocenters. The van der Waals surface area contributed by atoms with E-state index >= 15 is 0 Å². The maximum absolute atomic E-state index is 14.2. The van der Waals surface area contributed by atoms with Crippen molar-refractivity contribution in [3.05, 3.63) is 65.0 Å². The largest absolute Gasteiger partial charge is 0.480 e. The number of aromatic nitrogens is 3. The molecule has 0 radical (unpaired) electrons. The molecule has 4 heterocycles. The Labute approximate surface area is 227 Å².